The van der Waals surface area contributed by atoms with Crippen LogP contribution in [-0.4, -0.2) is 26.9 Å². The molecular weight excluding hydrogens is 284 g/mol. The summed E-state index contributed by atoms with van der Waals surface area (Å²) in [5.74, 6) is -0.319. The second-order valence-electron chi connectivity index (χ2n) is 4.75. The Morgan fingerprint density at radius 2 is 1.89 bits per heavy atom. The van der Waals surface area contributed by atoms with E-state index in [1.807, 2.05) is 37.3 Å². The summed E-state index contributed by atoms with van der Waals surface area (Å²) in [6.45, 7) is 4.47. The predicted molar refractivity (Wildman–Crippen MR) is 79.1 cm³/mol. The summed E-state index contributed by atoms with van der Waals surface area (Å²) < 4.78 is 28.3. The minimum atomic E-state index is -3.54. The first-order chi connectivity index (χ1) is 8.92. The maximum atomic E-state index is 11.3. The first-order valence-corrected chi connectivity index (χ1v) is 8.99. The molecule has 2 unspecified atom stereocenters. The lowest BCUT2D eigenvalue weighted by atomic mass is 10.0. The van der Waals surface area contributed by atoms with Crippen molar-refractivity contribution in [1.82, 2.24) is 0 Å². The number of benzene rings is 1. The SMILES string of the molecule is CCCC(C)OCC(CS(=O)(=O)Cl)c1ccccc1. The van der Waals surface area contributed by atoms with Crippen LogP contribution in [0.25, 0.3) is 0 Å². The van der Waals surface area contributed by atoms with Crippen molar-refractivity contribution >= 4 is 19.7 Å². The normalized spacial score (nSPS) is 15.1. The lowest BCUT2D eigenvalue weighted by molar-refractivity contribution is 0.0525. The molecule has 0 fully saturated rings. The van der Waals surface area contributed by atoms with Crippen molar-refractivity contribution in [3.8, 4) is 0 Å². The van der Waals surface area contributed by atoms with Crippen molar-refractivity contribution in [1.29, 1.82) is 0 Å². The van der Waals surface area contributed by atoms with E-state index in [1.165, 1.54) is 0 Å². The highest BCUT2D eigenvalue weighted by molar-refractivity contribution is 8.13. The topological polar surface area (TPSA) is 43.4 Å². The van der Waals surface area contributed by atoms with E-state index in [0.717, 1.165) is 18.4 Å². The van der Waals surface area contributed by atoms with Crippen molar-refractivity contribution < 1.29 is 13.2 Å². The largest absolute Gasteiger partial charge is 0.378 e. The summed E-state index contributed by atoms with van der Waals surface area (Å²) in [5, 5.41) is 0. The smallest absolute Gasteiger partial charge is 0.233 e. The van der Waals surface area contributed by atoms with Gasteiger partial charge in [-0.1, -0.05) is 43.7 Å². The van der Waals surface area contributed by atoms with Gasteiger partial charge in [0.05, 0.1) is 18.5 Å². The third-order valence-corrected chi connectivity index (χ3v) is 4.13. The molecular formula is C14H21ClO3S. The van der Waals surface area contributed by atoms with Crippen LogP contribution in [0.2, 0.25) is 0 Å². The fourth-order valence-electron chi connectivity index (χ4n) is 1.98. The maximum Gasteiger partial charge on any atom is 0.233 e. The Morgan fingerprint density at radius 1 is 1.26 bits per heavy atom. The van der Waals surface area contributed by atoms with Gasteiger partial charge in [0.2, 0.25) is 9.05 Å². The molecule has 0 radical (unpaired) electrons. The summed E-state index contributed by atoms with van der Waals surface area (Å²) in [6.07, 6.45) is 2.15. The van der Waals surface area contributed by atoms with Crippen LogP contribution >= 0.6 is 10.7 Å². The van der Waals surface area contributed by atoms with Gasteiger partial charge < -0.3 is 4.74 Å². The van der Waals surface area contributed by atoms with E-state index in [1.54, 1.807) is 0 Å². The number of hydrogen-bond donors (Lipinski definition) is 0. The minimum absolute atomic E-state index is 0.0998. The Bertz CT molecular complexity index is 459. The molecule has 0 aliphatic rings. The number of ether oxygens (including phenoxy) is 1. The first kappa shape index (κ1) is 16.5. The average Bonchev–Trinajstić information content (AvgIpc) is 2.34. The van der Waals surface area contributed by atoms with Gasteiger partial charge in [-0.25, -0.2) is 8.42 Å². The highest BCUT2D eigenvalue weighted by Gasteiger charge is 2.20. The number of halogens is 1. The molecule has 0 saturated heterocycles. The van der Waals surface area contributed by atoms with Gasteiger partial charge in [-0.3, -0.25) is 0 Å². The third-order valence-electron chi connectivity index (χ3n) is 2.95. The van der Waals surface area contributed by atoms with Crippen molar-refractivity contribution in [2.45, 2.75) is 38.7 Å². The molecule has 5 heteroatoms. The zero-order valence-corrected chi connectivity index (χ0v) is 13.0. The Kier molecular flexibility index (Phi) is 6.83. The molecule has 2 atom stereocenters. The van der Waals surface area contributed by atoms with Crippen LogP contribution in [0.4, 0.5) is 0 Å². The second kappa shape index (κ2) is 7.88. The number of hydrogen-bond acceptors (Lipinski definition) is 3. The average molecular weight is 305 g/mol. The summed E-state index contributed by atoms with van der Waals surface area (Å²) in [4.78, 5) is 0. The van der Waals surface area contributed by atoms with E-state index in [-0.39, 0.29) is 17.8 Å². The van der Waals surface area contributed by atoms with Gasteiger partial charge in [-0.2, -0.15) is 0 Å². The zero-order chi connectivity index (χ0) is 14.3. The molecule has 0 aliphatic heterocycles. The van der Waals surface area contributed by atoms with E-state index >= 15 is 0 Å². The van der Waals surface area contributed by atoms with Gasteiger partial charge in [0.15, 0.2) is 0 Å². The molecule has 1 rings (SSSR count). The summed E-state index contributed by atoms with van der Waals surface area (Å²) in [7, 11) is 1.83. The molecule has 0 heterocycles. The second-order valence-corrected chi connectivity index (χ2v) is 7.57. The van der Waals surface area contributed by atoms with E-state index in [9.17, 15) is 8.42 Å². The number of rotatable bonds is 8. The van der Waals surface area contributed by atoms with Crippen molar-refractivity contribution in [3.63, 3.8) is 0 Å². The Hall–Kier alpha value is -0.580. The molecule has 1 aromatic carbocycles. The molecule has 3 nitrogen and oxygen atoms in total. The van der Waals surface area contributed by atoms with Gasteiger partial charge in [0, 0.05) is 16.6 Å². The van der Waals surface area contributed by atoms with E-state index in [0.29, 0.717) is 6.61 Å². The highest BCUT2D eigenvalue weighted by Crippen LogP contribution is 2.21. The quantitative estimate of drug-likeness (QED) is 0.690. The predicted octanol–water partition coefficient (Wildman–Crippen LogP) is 3.54. The monoisotopic (exact) mass is 304 g/mol. The fourth-order valence-corrected chi connectivity index (χ4v) is 3.20. The zero-order valence-electron chi connectivity index (χ0n) is 11.4. The fraction of sp³-hybridized carbons (Fsp3) is 0.571. The Labute approximate surface area is 120 Å². The molecule has 0 bridgehead atoms. The summed E-state index contributed by atoms with van der Waals surface area (Å²) in [5.41, 5.74) is 0.940. The van der Waals surface area contributed by atoms with Gasteiger partial charge in [-0.05, 0) is 18.9 Å². The van der Waals surface area contributed by atoms with Crippen molar-refractivity contribution in [2.24, 2.45) is 0 Å². The molecule has 19 heavy (non-hydrogen) atoms. The maximum absolute atomic E-state index is 11.3. The van der Waals surface area contributed by atoms with Crippen LogP contribution in [-0.2, 0) is 13.8 Å². The molecule has 0 N–H and O–H groups in total. The molecule has 0 aromatic heterocycles. The van der Waals surface area contributed by atoms with Crippen LogP contribution in [0.15, 0.2) is 30.3 Å². The van der Waals surface area contributed by atoms with Crippen LogP contribution in [0.1, 0.15) is 38.2 Å². The van der Waals surface area contributed by atoms with Crippen molar-refractivity contribution in [2.75, 3.05) is 12.4 Å². The molecule has 0 saturated carbocycles. The minimum Gasteiger partial charge on any atom is -0.378 e. The van der Waals surface area contributed by atoms with Gasteiger partial charge in [-0.15, -0.1) is 0 Å². The summed E-state index contributed by atoms with van der Waals surface area (Å²) >= 11 is 0. The Balaban J connectivity index is 2.71. The lowest BCUT2D eigenvalue weighted by Crippen LogP contribution is -2.19. The van der Waals surface area contributed by atoms with E-state index in [2.05, 4.69) is 6.92 Å². The highest BCUT2D eigenvalue weighted by atomic mass is 35.7. The molecule has 0 spiro atoms. The molecule has 108 valence electrons. The van der Waals surface area contributed by atoms with E-state index < -0.39 is 9.05 Å². The Morgan fingerprint density at radius 3 is 2.42 bits per heavy atom. The first-order valence-electron chi connectivity index (χ1n) is 6.51. The van der Waals surface area contributed by atoms with E-state index in [4.69, 9.17) is 15.4 Å². The molecule has 1 aromatic rings. The molecule has 0 aliphatic carbocycles. The molecule has 0 amide bonds. The lowest BCUT2D eigenvalue weighted by Gasteiger charge is -2.19. The van der Waals surface area contributed by atoms with Crippen LogP contribution in [0.5, 0.6) is 0 Å². The third kappa shape index (κ3) is 6.95. The van der Waals surface area contributed by atoms with Gasteiger partial charge in [0.1, 0.15) is 0 Å². The van der Waals surface area contributed by atoms with Gasteiger partial charge in [0.25, 0.3) is 0 Å². The van der Waals surface area contributed by atoms with Gasteiger partial charge >= 0.3 is 0 Å². The van der Waals surface area contributed by atoms with Crippen LogP contribution < -0.4 is 0 Å². The van der Waals surface area contributed by atoms with Crippen LogP contribution in [0.3, 0.4) is 0 Å². The van der Waals surface area contributed by atoms with Crippen molar-refractivity contribution in [3.05, 3.63) is 35.9 Å². The van der Waals surface area contributed by atoms with Crippen LogP contribution in [0, 0.1) is 0 Å². The summed E-state index contributed by atoms with van der Waals surface area (Å²) in [6, 6.07) is 9.48. The standard InChI is InChI=1S/C14H21ClO3S/c1-3-7-12(2)18-10-14(11-19(15,16)17)13-8-5-4-6-9-13/h4-6,8-9,12,14H,3,7,10-11H2,1-2H3.